The minimum absolute atomic E-state index is 0.0793. The molecule has 2 aliphatic rings. The molecule has 2 aromatic carbocycles. The summed E-state index contributed by atoms with van der Waals surface area (Å²) >= 11 is 0. The maximum atomic E-state index is 10.4. The highest BCUT2D eigenvalue weighted by Crippen LogP contribution is 2.53. The molecule has 0 saturated carbocycles. The number of phenolic OH excluding ortho intramolecular Hbond substituents is 1. The Bertz CT molecular complexity index is 781. The Morgan fingerprint density at radius 1 is 1.08 bits per heavy atom. The van der Waals surface area contributed by atoms with Gasteiger partial charge in [-0.3, -0.25) is 0 Å². The number of hydrogen-bond acceptors (Lipinski definition) is 3. The van der Waals surface area contributed by atoms with Crippen LogP contribution < -0.4 is 10.1 Å². The van der Waals surface area contributed by atoms with Gasteiger partial charge in [-0.25, -0.2) is 0 Å². The average Bonchev–Trinajstić information content (AvgIpc) is 3.05. The van der Waals surface area contributed by atoms with Crippen molar-refractivity contribution < 1.29 is 9.84 Å². The Labute approximate surface area is 143 Å². The average molecular weight is 321 g/mol. The fourth-order valence-electron chi connectivity index (χ4n) is 4.00. The van der Waals surface area contributed by atoms with Crippen molar-refractivity contribution >= 4 is 5.69 Å². The summed E-state index contributed by atoms with van der Waals surface area (Å²) in [5.41, 5.74) is 3.31. The van der Waals surface area contributed by atoms with Gasteiger partial charge in [-0.05, 0) is 43.9 Å². The fraction of sp³-hybridized carbons (Fsp3) is 0.333. The van der Waals surface area contributed by atoms with E-state index in [1.807, 2.05) is 38.1 Å². The van der Waals surface area contributed by atoms with Gasteiger partial charge in [0.1, 0.15) is 11.5 Å². The van der Waals surface area contributed by atoms with Gasteiger partial charge in [0.05, 0.1) is 17.8 Å². The summed E-state index contributed by atoms with van der Waals surface area (Å²) in [6, 6.07) is 14.0. The van der Waals surface area contributed by atoms with E-state index in [-0.39, 0.29) is 12.1 Å². The van der Waals surface area contributed by atoms with Crippen molar-refractivity contribution in [2.45, 2.75) is 38.3 Å². The summed E-state index contributed by atoms with van der Waals surface area (Å²) in [7, 11) is 0. The van der Waals surface area contributed by atoms with E-state index >= 15 is 0 Å². The van der Waals surface area contributed by atoms with Gasteiger partial charge in [0.2, 0.25) is 0 Å². The summed E-state index contributed by atoms with van der Waals surface area (Å²) in [6.45, 7) is 4.09. The number of rotatable bonds is 3. The summed E-state index contributed by atoms with van der Waals surface area (Å²) in [4.78, 5) is 0. The third kappa shape index (κ3) is 2.44. The lowest BCUT2D eigenvalue weighted by Gasteiger charge is -2.38. The van der Waals surface area contributed by atoms with Crippen LogP contribution in [0.3, 0.4) is 0 Å². The first kappa shape index (κ1) is 15.1. The van der Waals surface area contributed by atoms with Crippen LogP contribution >= 0.6 is 0 Å². The first-order valence-corrected chi connectivity index (χ1v) is 8.66. The van der Waals surface area contributed by atoms with Gasteiger partial charge in [0.25, 0.3) is 0 Å². The van der Waals surface area contributed by atoms with Crippen LogP contribution in [0.1, 0.15) is 43.4 Å². The smallest absolute Gasteiger partial charge is 0.143 e. The largest absolute Gasteiger partial charge is 0.508 e. The number of phenols is 1. The third-order valence-corrected chi connectivity index (χ3v) is 4.99. The second-order valence-electron chi connectivity index (χ2n) is 6.92. The van der Waals surface area contributed by atoms with Gasteiger partial charge in [0, 0.05) is 11.5 Å². The number of fused-ring (bicyclic) bond motifs is 3. The highest BCUT2D eigenvalue weighted by Gasteiger charge is 2.39. The number of anilines is 1. The van der Waals surface area contributed by atoms with E-state index < -0.39 is 0 Å². The molecule has 1 aliphatic heterocycles. The number of hydrogen-bond donors (Lipinski definition) is 2. The molecule has 0 bridgehead atoms. The van der Waals surface area contributed by atoms with E-state index in [0.29, 0.717) is 17.6 Å². The second kappa shape index (κ2) is 5.90. The summed E-state index contributed by atoms with van der Waals surface area (Å²) in [6.07, 6.45) is 5.70. The Hall–Kier alpha value is -2.42. The topological polar surface area (TPSA) is 41.5 Å². The quantitative estimate of drug-likeness (QED) is 0.781. The molecule has 24 heavy (non-hydrogen) atoms. The van der Waals surface area contributed by atoms with Gasteiger partial charge in [-0.15, -0.1) is 0 Å². The molecule has 0 spiro atoms. The number of aromatic hydroxyl groups is 1. The standard InChI is InChI=1S/C21H23NO2/c1-13(2)24-19-12-6-10-16-14-8-5-9-15(14)20(22-21(16)19)17-7-3-4-11-18(17)23/h3-8,10-15,20,22-23H,9H2,1-2H3. The zero-order valence-corrected chi connectivity index (χ0v) is 14.1. The molecule has 1 aliphatic carbocycles. The molecule has 4 rings (SSSR count). The lowest BCUT2D eigenvalue weighted by molar-refractivity contribution is 0.242. The van der Waals surface area contributed by atoms with Crippen molar-refractivity contribution in [3.8, 4) is 11.5 Å². The van der Waals surface area contributed by atoms with Crippen LogP contribution in [0.4, 0.5) is 5.69 Å². The number of benzene rings is 2. The molecule has 0 radical (unpaired) electrons. The van der Waals surface area contributed by atoms with Crippen molar-refractivity contribution in [3.63, 3.8) is 0 Å². The van der Waals surface area contributed by atoms with Crippen LogP contribution in [0.2, 0.25) is 0 Å². The summed E-state index contributed by atoms with van der Waals surface area (Å²) < 4.78 is 6.03. The molecule has 3 unspecified atom stereocenters. The molecule has 0 aromatic heterocycles. The monoisotopic (exact) mass is 321 g/mol. The maximum absolute atomic E-state index is 10.4. The Morgan fingerprint density at radius 3 is 2.67 bits per heavy atom. The minimum Gasteiger partial charge on any atom is -0.508 e. The van der Waals surface area contributed by atoms with E-state index in [9.17, 15) is 5.11 Å². The molecule has 124 valence electrons. The van der Waals surface area contributed by atoms with Crippen LogP contribution in [0.5, 0.6) is 11.5 Å². The molecule has 1 heterocycles. The predicted molar refractivity (Wildman–Crippen MR) is 96.7 cm³/mol. The van der Waals surface area contributed by atoms with Crippen LogP contribution in [-0.4, -0.2) is 11.2 Å². The fourth-order valence-corrected chi connectivity index (χ4v) is 4.00. The first-order chi connectivity index (χ1) is 11.6. The zero-order chi connectivity index (χ0) is 16.7. The van der Waals surface area contributed by atoms with E-state index in [0.717, 1.165) is 23.4 Å². The molecule has 2 aromatic rings. The van der Waals surface area contributed by atoms with Gasteiger partial charge in [-0.1, -0.05) is 42.5 Å². The lowest BCUT2D eigenvalue weighted by atomic mass is 9.76. The third-order valence-electron chi connectivity index (χ3n) is 4.99. The lowest BCUT2D eigenvalue weighted by Crippen LogP contribution is -2.29. The highest BCUT2D eigenvalue weighted by atomic mass is 16.5. The zero-order valence-electron chi connectivity index (χ0n) is 14.1. The molecule has 0 fully saturated rings. The maximum Gasteiger partial charge on any atom is 0.143 e. The molecule has 0 saturated heterocycles. The van der Waals surface area contributed by atoms with E-state index in [2.05, 4.69) is 29.6 Å². The second-order valence-corrected chi connectivity index (χ2v) is 6.92. The van der Waals surface area contributed by atoms with Crippen LogP contribution in [0.25, 0.3) is 0 Å². The molecule has 0 amide bonds. The van der Waals surface area contributed by atoms with Crippen LogP contribution in [-0.2, 0) is 0 Å². The first-order valence-electron chi connectivity index (χ1n) is 8.66. The van der Waals surface area contributed by atoms with Gasteiger partial charge in [-0.2, -0.15) is 0 Å². The minimum atomic E-state index is 0.0793. The van der Waals surface area contributed by atoms with Crippen molar-refractivity contribution in [2.75, 3.05) is 5.32 Å². The SMILES string of the molecule is CC(C)Oc1cccc2c1NC(c1ccccc1O)C1CC=CC21. The summed E-state index contributed by atoms with van der Waals surface area (Å²) in [5.74, 6) is 2.02. The Kier molecular flexibility index (Phi) is 3.72. The Morgan fingerprint density at radius 2 is 1.88 bits per heavy atom. The normalized spacial score (nSPS) is 24.4. The van der Waals surface area contributed by atoms with Crippen molar-refractivity contribution in [3.05, 3.63) is 65.7 Å². The number of ether oxygens (including phenoxy) is 1. The van der Waals surface area contributed by atoms with Crippen molar-refractivity contribution in [2.24, 2.45) is 5.92 Å². The highest BCUT2D eigenvalue weighted by molar-refractivity contribution is 5.68. The molecular weight excluding hydrogens is 298 g/mol. The van der Waals surface area contributed by atoms with Crippen LogP contribution in [0.15, 0.2) is 54.6 Å². The molecule has 3 heteroatoms. The van der Waals surface area contributed by atoms with Crippen molar-refractivity contribution in [1.29, 1.82) is 0 Å². The number of para-hydroxylation sites is 2. The van der Waals surface area contributed by atoms with E-state index in [4.69, 9.17) is 4.74 Å². The predicted octanol–water partition coefficient (Wildman–Crippen LogP) is 5.01. The van der Waals surface area contributed by atoms with Gasteiger partial charge < -0.3 is 15.2 Å². The number of nitrogens with one attached hydrogen (secondary N) is 1. The molecular formula is C21H23NO2. The van der Waals surface area contributed by atoms with Gasteiger partial charge >= 0.3 is 0 Å². The molecule has 3 nitrogen and oxygen atoms in total. The van der Waals surface area contributed by atoms with Crippen molar-refractivity contribution in [1.82, 2.24) is 0 Å². The van der Waals surface area contributed by atoms with E-state index in [1.165, 1.54) is 5.56 Å². The molecule has 3 atom stereocenters. The molecule has 2 N–H and O–H groups in total. The number of allylic oxidation sites excluding steroid dienone is 2. The summed E-state index contributed by atoms with van der Waals surface area (Å²) in [5, 5.41) is 14.0. The van der Waals surface area contributed by atoms with Crippen LogP contribution in [0, 0.1) is 5.92 Å². The Balaban J connectivity index is 1.81. The van der Waals surface area contributed by atoms with E-state index in [1.54, 1.807) is 6.07 Å². The van der Waals surface area contributed by atoms with Gasteiger partial charge in [0.15, 0.2) is 0 Å².